The standard InChI is InChI=1S/C50H31NO2/c1-2-9-32(10-3-1)35-17-18-37-30-40(26-21-36(37)29-35)51(46-15-8-14-44-45-28-22-34-11-4-5-12-41(34)49(45)53-50(44)46)39-24-19-33(20-25-39)38-23-27-43-42-13-6-7-16-47(42)52-48(43)31-38/h1-31H. The van der Waals surface area contributed by atoms with Crippen molar-refractivity contribution in [2.45, 2.75) is 0 Å². The number of hydrogen-bond donors (Lipinski definition) is 0. The molecule has 0 unspecified atom stereocenters. The minimum atomic E-state index is 0.859. The van der Waals surface area contributed by atoms with Crippen LogP contribution >= 0.6 is 0 Å². The van der Waals surface area contributed by atoms with Gasteiger partial charge in [-0.1, -0.05) is 127 Å². The van der Waals surface area contributed by atoms with E-state index in [-0.39, 0.29) is 0 Å². The van der Waals surface area contributed by atoms with E-state index in [9.17, 15) is 0 Å². The molecule has 0 aliphatic carbocycles. The number of nitrogens with zero attached hydrogens (tertiary/aromatic N) is 1. The van der Waals surface area contributed by atoms with Crippen molar-refractivity contribution in [2.24, 2.45) is 0 Å². The predicted molar refractivity (Wildman–Crippen MR) is 222 cm³/mol. The van der Waals surface area contributed by atoms with E-state index in [0.717, 1.165) is 77.5 Å². The quantitative estimate of drug-likeness (QED) is 0.182. The van der Waals surface area contributed by atoms with E-state index in [2.05, 4.69) is 181 Å². The van der Waals surface area contributed by atoms with Crippen LogP contribution in [0.3, 0.4) is 0 Å². The minimum Gasteiger partial charge on any atom is -0.456 e. The molecule has 3 heteroatoms. The van der Waals surface area contributed by atoms with Crippen molar-refractivity contribution in [3.8, 4) is 22.3 Å². The number of rotatable bonds is 5. The number of fused-ring (bicyclic) bond motifs is 9. The lowest BCUT2D eigenvalue weighted by molar-refractivity contribution is 0.669. The Morgan fingerprint density at radius 3 is 1.81 bits per heavy atom. The Balaban J connectivity index is 1.07. The Labute approximate surface area is 305 Å². The van der Waals surface area contributed by atoms with Crippen LogP contribution in [0, 0.1) is 0 Å². The van der Waals surface area contributed by atoms with Gasteiger partial charge in [0.1, 0.15) is 16.7 Å². The molecule has 11 aromatic rings. The van der Waals surface area contributed by atoms with Crippen LogP contribution in [0.5, 0.6) is 0 Å². The molecular weight excluding hydrogens is 647 g/mol. The summed E-state index contributed by atoms with van der Waals surface area (Å²) >= 11 is 0. The van der Waals surface area contributed by atoms with E-state index in [1.807, 2.05) is 12.1 Å². The van der Waals surface area contributed by atoms with E-state index in [1.54, 1.807) is 0 Å². The molecule has 2 heterocycles. The normalized spacial score (nSPS) is 11.8. The monoisotopic (exact) mass is 677 g/mol. The Kier molecular flexibility index (Phi) is 6.55. The molecule has 0 amide bonds. The third-order valence-electron chi connectivity index (χ3n) is 10.6. The minimum absolute atomic E-state index is 0.859. The first-order valence-corrected chi connectivity index (χ1v) is 18.0. The first-order chi connectivity index (χ1) is 26.2. The molecule has 0 fully saturated rings. The smallest absolute Gasteiger partial charge is 0.159 e. The zero-order valence-electron chi connectivity index (χ0n) is 28.7. The SMILES string of the molecule is c1ccc(-c2ccc3cc(N(c4ccc(-c5ccc6c(c5)oc5ccccc56)cc4)c4cccc5c4oc4c6ccccc6ccc54)ccc3c2)cc1. The van der Waals surface area contributed by atoms with Crippen LogP contribution in [-0.4, -0.2) is 0 Å². The number of benzene rings is 9. The zero-order valence-corrected chi connectivity index (χ0v) is 28.7. The molecule has 53 heavy (non-hydrogen) atoms. The third kappa shape index (κ3) is 4.82. The largest absolute Gasteiger partial charge is 0.456 e. The second kappa shape index (κ2) is 11.7. The lowest BCUT2D eigenvalue weighted by atomic mass is 10.00. The molecular formula is C50H31NO2. The maximum absolute atomic E-state index is 6.88. The van der Waals surface area contributed by atoms with Gasteiger partial charge in [-0.25, -0.2) is 0 Å². The molecule has 0 bridgehead atoms. The van der Waals surface area contributed by atoms with Crippen LogP contribution < -0.4 is 4.90 Å². The average molecular weight is 678 g/mol. The fourth-order valence-electron chi connectivity index (χ4n) is 8.01. The molecule has 0 aliphatic heterocycles. The van der Waals surface area contributed by atoms with Gasteiger partial charge in [-0.05, 0) is 99.1 Å². The van der Waals surface area contributed by atoms with Gasteiger partial charge in [0, 0.05) is 38.3 Å². The fourth-order valence-corrected chi connectivity index (χ4v) is 8.01. The van der Waals surface area contributed by atoms with Crippen LogP contribution in [0.2, 0.25) is 0 Å². The van der Waals surface area contributed by atoms with Crippen molar-refractivity contribution >= 4 is 82.5 Å². The maximum atomic E-state index is 6.88. The number of para-hydroxylation sites is 2. The molecule has 2 aromatic heterocycles. The van der Waals surface area contributed by atoms with E-state index in [1.165, 1.54) is 27.3 Å². The average Bonchev–Trinajstić information content (AvgIpc) is 3.80. The molecule has 0 atom stereocenters. The predicted octanol–water partition coefficient (Wildman–Crippen LogP) is 14.6. The molecule has 9 aromatic carbocycles. The fraction of sp³-hybridized carbons (Fsp3) is 0. The molecule has 11 rings (SSSR count). The number of anilines is 3. The van der Waals surface area contributed by atoms with Gasteiger partial charge in [0.05, 0.1) is 5.69 Å². The van der Waals surface area contributed by atoms with Gasteiger partial charge in [-0.2, -0.15) is 0 Å². The number of furan rings is 2. The van der Waals surface area contributed by atoms with Crippen LogP contribution in [0.15, 0.2) is 197 Å². The van der Waals surface area contributed by atoms with Crippen molar-refractivity contribution in [1.29, 1.82) is 0 Å². The van der Waals surface area contributed by atoms with Crippen LogP contribution in [0.4, 0.5) is 17.1 Å². The topological polar surface area (TPSA) is 29.5 Å². The van der Waals surface area contributed by atoms with Crippen LogP contribution in [-0.2, 0) is 0 Å². The van der Waals surface area contributed by atoms with Gasteiger partial charge in [0.2, 0.25) is 0 Å². The van der Waals surface area contributed by atoms with Crippen LogP contribution in [0.1, 0.15) is 0 Å². The summed E-state index contributed by atoms with van der Waals surface area (Å²) in [4.78, 5) is 2.32. The van der Waals surface area contributed by atoms with Crippen molar-refractivity contribution in [1.82, 2.24) is 0 Å². The second-order valence-electron chi connectivity index (χ2n) is 13.7. The summed E-state index contributed by atoms with van der Waals surface area (Å²) in [7, 11) is 0. The van der Waals surface area contributed by atoms with Crippen molar-refractivity contribution < 1.29 is 8.83 Å². The summed E-state index contributed by atoms with van der Waals surface area (Å²) < 4.78 is 13.1. The molecule has 0 N–H and O–H groups in total. The Morgan fingerprint density at radius 2 is 0.906 bits per heavy atom. The van der Waals surface area contributed by atoms with Crippen molar-refractivity contribution in [3.05, 3.63) is 188 Å². The molecule has 248 valence electrons. The summed E-state index contributed by atoms with van der Waals surface area (Å²) in [6, 6.07) is 66.8. The molecule has 0 saturated carbocycles. The van der Waals surface area contributed by atoms with Gasteiger partial charge in [0.15, 0.2) is 5.58 Å². The summed E-state index contributed by atoms with van der Waals surface area (Å²) in [5.41, 5.74) is 11.3. The highest BCUT2D eigenvalue weighted by Gasteiger charge is 2.21. The third-order valence-corrected chi connectivity index (χ3v) is 10.6. The Hall–Kier alpha value is -7.10. The van der Waals surface area contributed by atoms with E-state index < -0.39 is 0 Å². The zero-order chi connectivity index (χ0) is 34.9. The molecule has 0 radical (unpaired) electrons. The molecule has 0 aliphatic rings. The van der Waals surface area contributed by atoms with Gasteiger partial charge >= 0.3 is 0 Å². The van der Waals surface area contributed by atoms with Gasteiger partial charge in [-0.15, -0.1) is 0 Å². The first-order valence-electron chi connectivity index (χ1n) is 18.0. The highest BCUT2D eigenvalue weighted by Crippen LogP contribution is 2.44. The lowest BCUT2D eigenvalue weighted by Gasteiger charge is -2.26. The number of hydrogen-bond acceptors (Lipinski definition) is 3. The van der Waals surface area contributed by atoms with E-state index >= 15 is 0 Å². The lowest BCUT2D eigenvalue weighted by Crippen LogP contribution is -2.10. The second-order valence-corrected chi connectivity index (χ2v) is 13.7. The summed E-state index contributed by atoms with van der Waals surface area (Å²) in [6.07, 6.45) is 0. The van der Waals surface area contributed by atoms with Gasteiger partial charge < -0.3 is 13.7 Å². The van der Waals surface area contributed by atoms with Crippen molar-refractivity contribution in [2.75, 3.05) is 4.90 Å². The van der Waals surface area contributed by atoms with Crippen LogP contribution in [0.25, 0.3) is 87.7 Å². The Bertz CT molecular complexity index is 3170. The van der Waals surface area contributed by atoms with Gasteiger partial charge in [-0.3, -0.25) is 0 Å². The molecule has 3 nitrogen and oxygen atoms in total. The van der Waals surface area contributed by atoms with E-state index in [0.29, 0.717) is 0 Å². The molecule has 0 saturated heterocycles. The highest BCUT2D eigenvalue weighted by atomic mass is 16.3. The Morgan fingerprint density at radius 1 is 0.302 bits per heavy atom. The first kappa shape index (κ1) is 29.6. The summed E-state index contributed by atoms with van der Waals surface area (Å²) in [5, 5.41) is 9.12. The maximum Gasteiger partial charge on any atom is 0.159 e. The summed E-state index contributed by atoms with van der Waals surface area (Å²) in [6.45, 7) is 0. The van der Waals surface area contributed by atoms with Crippen molar-refractivity contribution in [3.63, 3.8) is 0 Å². The van der Waals surface area contributed by atoms with Gasteiger partial charge in [0.25, 0.3) is 0 Å². The molecule has 0 spiro atoms. The van der Waals surface area contributed by atoms with E-state index in [4.69, 9.17) is 8.83 Å². The summed E-state index contributed by atoms with van der Waals surface area (Å²) in [5.74, 6) is 0. The highest BCUT2D eigenvalue weighted by molar-refractivity contribution is 6.17.